The number of aromatic nitrogens is 12. The van der Waals surface area contributed by atoms with E-state index in [0.29, 0.717) is 0 Å². The Labute approximate surface area is 772 Å². The van der Waals surface area contributed by atoms with Gasteiger partial charge in [0, 0.05) is 173 Å². The first-order chi connectivity index (χ1) is 67.0. The summed E-state index contributed by atoms with van der Waals surface area (Å²) in [6.45, 7) is 0. The summed E-state index contributed by atoms with van der Waals surface area (Å²) in [5.41, 5.74) is 31.4. The average Bonchev–Trinajstić information content (AvgIpc) is 1.56. The first-order valence-corrected chi connectivity index (χ1v) is 45.9. The molecule has 12 nitrogen and oxygen atoms in total. The molecule has 0 aliphatic heterocycles. The number of hydrogen-bond acceptors (Lipinski definition) is 3. The van der Waals surface area contributed by atoms with Gasteiger partial charge in [0.2, 0.25) is 0 Å². The normalized spacial score (nSPS) is 12.0. The number of fused-ring (bicyclic) bond motifs is 27. The van der Waals surface area contributed by atoms with Crippen LogP contribution in [0.3, 0.4) is 0 Å². The van der Waals surface area contributed by atoms with Crippen LogP contribution >= 0.6 is 0 Å². The van der Waals surface area contributed by atoms with Crippen LogP contribution < -0.4 is 0 Å². The molecule has 0 spiro atoms. The summed E-state index contributed by atoms with van der Waals surface area (Å²) in [6.07, 6.45) is 9.65. The van der Waals surface area contributed by atoms with Crippen molar-refractivity contribution in [1.29, 1.82) is 0 Å². The Hall–Kier alpha value is -18.4. The maximum atomic E-state index is 4.89. The number of benzene rings is 18. The minimum Gasteiger partial charge on any atom is -0.309 e. The van der Waals surface area contributed by atoms with Crippen LogP contribution in [0, 0.1) is 0 Å². The van der Waals surface area contributed by atoms with Crippen LogP contribution in [0.2, 0.25) is 0 Å². The molecule has 0 aliphatic carbocycles. The molecule has 0 radical (unpaired) electrons. The Balaban J connectivity index is 0.000000101. The van der Waals surface area contributed by atoms with E-state index in [1.165, 1.54) is 152 Å². The minimum absolute atomic E-state index is 0.955. The predicted octanol–water partition coefficient (Wildman–Crippen LogP) is 31.1. The lowest BCUT2D eigenvalue weighted by Crippen LogP contribution is -1.98. The van der Waals surface area contributed by atoms with E-state index >= 15 is 0 Å². The molecule has 0 saturated carbocycles. The van der Waals surface area contributed by atoms with Crippen molar-refractivity contribution >= 4 is 196 Å². The number of rotatable bonds is 9. The maximum Gasteiger partial charge on any atom is 0.145 e. The Kier molecular flexibility index (Phi) is 16.9. The Morgan fingerprint density at radius 3 is 0.607 bits per heavy atom. The third-order valence-corrected chi connectivity index (χ3v) is 28.0. The lowest BCUT2D eigenvalue weighted by molar-refractivity contribution is 1.12. The third-order valence-electron chi connectivity index (χ3n) is 28.0. The van der Waals surface area contributed by atoms with Gasteiger partial charge in [0.25, 0.3) is 0 Å². The lowest BCUT2D eigenvalue weighted by atomic mass is 10.1. The second-order valence-electron chi connectivity index (χ2n) is 35.0. The summed E-state index contributed by atoms with van der Waals surface area (Å²) >= 11 is 0. The van der Waals surface area contributed by atoms with Gasteiger partial charge in [-0.1, -0.05) is 218 Å². The molecule has 30 rings (SSSR count). The fourth-order valence-electron chi connectivity index (χ4n) is 22.2. The van der Waals surface area contributed by atoms with Crippen LogP contribution in [0.1, 0.15) is 0 Å². The summed E-state index contributed by atoms with van der Waals surface area (Å²) in [4.78, 5) is 14.0. The first kappa shape index (κ1) is 75.6. The van der Waals surface area contributed by atoms with Crippen molar-refractivity contribution < 1.29 is 0 Å². The molecule has 30 aromatic rings. The van der Waals surface area contributed by atoms with E-state index in [-0.39, 0.29) is 0 Å². The van der Waals surface area contributed by atoms with Crippen molar-refractivity contribution in [3.05, 3.63) is 474 Å². The average molecular weight is 1720 g/mol. The number of para-hydroxylation sites is 12. The Morgan fingerprint density at radius 2 is 0.311 bits per heavy atom. The highest BCUT2D eigenvalue weighted by molar-refractivity contribution is 6.18. The van der Waals surface area contributed by atoms with Gasteiger partial charge < -0.3 is 36.5 Å². The van der Waals surface area contributed by atoms with Crippen molar-refractivity contribution in [2.45, 2.75) is 0 Å². The highest BCUT2D eigenvalue weighted by Gasteiger charge is 2.25. The zero-order chi connectivity index (χ0) is 88.5. The Bertz CT molecular complexity index is 8860. The van der Waals surface area contributed by atoms with E-state index in [2.05, 4.69) is 488 Å². The smallest absolute Gasteiger partial charge is 0.145 e. The molecular weight excluding hydrogens is 1650 g/mol. The van der Waals surface area contributed by atoms with Crippen LogP contribution in [-0.2, 0) is 0 Å². The maximum absolute atomic E-state index is 4.89. The summed E-state index contributed by atoms with van der Waals surface area (Å²) in [5, 5.41) is 22.2. The molecule has 135 heavy (non-hydrogen) atoms. The van der Waals surface area contributed by atoms with E-state index in [9.17, 15) is 0 Å². The van der Waals surface area contributed by atoms with Crippen LogP contribution in [0.15, 0.2) is 474 Å². The van der Waals surface area contributed by atoms with Gasteiger partial charge in [-0.25, -0.2) is 4.98 Å². The summed E-state index contributed by atoms with van der Waals surface area (Å²) in [7, 11) is 0. The zero-order valence-corrected chi connectivity index (χ0v) is 72.9. The second kappa shape index (κ2) is 30.1. The standard InChI is InChI=1S/3C41H26N4/c1-5-15-36-30(10-1)31-11-2-6-16-37(31)43(36)27-19-21-28(22-20-27)45-40-24-23-29(26-35(40)34-14-9-25-42-41(34)45)44-38-17-7-3-12-32(38)33-13-4-8-18-39(33)44;1-5-13-36-30(9-1)31-10-2-6-14-37(31)43(36)27-17-19-28(20-18-27)44-40-22-21-29(25-34(40)35-26-42-24-23-41(35)44)45-38-15-7-3-11-32(38)33-12-4-8-16-39(33)45;1-5-13-36-30(9-1)31-10-2-6-14-37(31)43(36)27-17-19-28(20-18-27)44-40-22-21-29(25-35(40)34-23-24-42-26-41(34)44)45-38-15-7-3-11-32(38)33-12-4-8-16-39(33)45/h3*1-26H. The summed E-state index contributed by atoms with van der Waals surface area (Å²) in [6, 6.07) is 160. The fourth-order valence-corrected chi connectivity index (χ4v) is 22.2. The van der Waals surface area contributed by atoms with Gasteiger partial charge in [-0.05, 0) is 224 Å². The van der Waals surface area contributed by atoms with E-state index in [1.807, 2.05) is 37.1 Å². The van der Waals surface area contributed by atoms with Gasteiger partial charge in [-0.2, -0.15) is 0 Å². The molecule has 12 heterocycles. The van der Waals surface area contributed by atoms with E-state index in [4.69, 9.17) is 4.98 Å². The minimum atomic E-state index is 0.955. The van der Waals surface area contributed by atoms with E-state index in [0.717, 1.165) is 95.2 Å². The molecule has 0 bridgehead atoms. The monoisotopic (exact) mass is 1720 g/mol. The molecule has 12 heteroatoms. The SMILES string of the molecule is c1ccc2c(c1)c1ccccc1n2-c1ccc(-n2c3ccc(-n4c5ccccc5c5ccccc54)cc3c3cccnc32)cc1.c1ccc2c(c1)c1ccccc1n2-c1ccc(-n2c3ccc(-n4c5ccccc5c5ccccc54)cc3c3ccncc32)cc1.c1ccc2c(c1)c1ccccc1n2-c1ccc(-n2c3ccncc3c3cc(-n4c5ccccc5c5ccccc54)ccc32)cc1. The highest BCUT2D eigenvalue weighted by Crippen LogP contribution is 2.45. The molecule has 0 amide bonds. The third kappa shape index (κ3) is 11.5. The van der Waals surface area contributed by atoms with Crippen LogP contribution in [-0.4, -0.2) is 56.1 Å². The van der Waals surface area contributed by atoms with Crippen molar-refractivity contribution in [2.24, 2.45) is 0 Å². The zero-order valence-electron chi connectivity index (χ0n) is 72.9. The molecule has 0 aliphatic rings. The van der Waals surface area contributed by atoms with Gasteiger partial charge in [-0.3, -0.25) is 14.5 Å². The topological polar surface area (TPSA) is 83.0 Å². The lowest BCUT2D eigenvalue weighted by Gasteiger charge is -2.12. The van der Waals surface area contributed by atoms with Crippen LogP contribution in [0.4, 0.5) is 0 Å². The molecule has 630 valence electrons. The summed E-state index contributed by atoms with van der Waals surface area (Å²) < 4.78 is 21.2. The summed E-state index contributed by atoms with van der Waals surface area (Å²) in [5.74, 6) is 0. The Morgan fingerprint density at radius 1 is 0.119 bits per heavy atom. The number of nitrogens with zero attached hydrogens (tertiary/aromatic N) is 12. The molecule has 0 atom stereocenters. The molecule has 12 aromatic heterocycles. The molecular formula is C123H78N12. The molecule has 0 N–H and O–H groups in total. The quantitative estimate of drug-likeness (QED) is 0.144. The van der Waals surface area contributed by atoms with E-state index < -0.39 is 0 Å². The van der Waals surface area contributed by atoms with Gasteiger partial charge in [0.15, 0.2) is 0 Å². The highest BCUT2D eigenvalue weighted by atomic mass is 15.1. The first-order valence-electron chi connectivity index (χ1n) is 45.9. The van der Waals surface area contributed by atoms with Crippen molar-refractivity contribution in [3.63, 3.8) is 0 Å². The molecule has 0 saturated heterocycles. The molecule has 0 fully saturated rings. The van der Waals surface area contributed by atoms with E-state index in [1.54, 1.807) is 0 Å². The molecule has 18 aromatic carbocycles. The van der Waals surface area contributed by atoms with Gasteiger partial charge >= 0.3 is 0 Å². The molecule has 0 unspecified atom stereocenters. The van der Waals surface area contributed by atoms with Gasteiger partial charge in [-0.15, -0.1) is 0 Å². The second-order valence-corrected chi connectivity index (χ2v) is 35.0. The van der Waals surface area contributed by atoms with Crippen molar-refractivity contribution in [2.75, 3.05) is 0 Å². The van der Waals surface area contributed by atoms with Gasteiger partial charge in [0.05, 0.1) is 100.0 Å². The largest absolute Gasteiger partial charge is 0.309 e. The van der Waals surface area contributed by atoms with Crippen molar-refractivity contribution in [3.8, 4) is 51.2 Å². The number of pyridine rings is 3. The fraction of sp³-hybridized carbons (Fsp3) is 0. The van der Waals surface area contributed by atoms with Gasteiger partial charge in [0.1, 0.15) is 5.65 Å². The van der Waals surface area contributed by atoms with Crippen LogP contribution in [0.5, 0.6) is 0 Å². The predicted molar refractivity (Wildman–Crippen MR) is 562 cm³/mol. The van der Waals surface area contributed by atoms with Crippen molar-refractivity contribution in [1.82, 2.24) is 56.1 Å². The number of hydrogen-bond donors (Lipinski definition) is 0. The van der Waals surface area contributed by atoms with Crippen LogP contribution in [0.25, 0.3) is 248 Å².